The molecule has 2 rings (SSSR count). The lowest BCUT2D eigenvalue weighted by molar-refractivity contribution is 0.327. The summed E-state index contributed by atoms with van der Waals surface area (Å²) in [5.41, 5.74) is -0.729. The number of hydrogen-bond donors (Lipinski definition) is 9. The average molecular weight is 324 g/mol. The largest absolute Gasteiger partial charge is 0.504 e. The minimum Gasteiger partial charge on any atom is -0.504 e. The molecule has 0 amide bonds. The number of rotatable bonds is 2. The normalized spacial score (nSPS) is 11.1. The summed E-state index contributed by atoms with van der Waals surface area (Å²) in [6, 6.07) is 0.870. The molecule has 9 nitrogen and oxygen atoms in total. The first-order valence-electron chi connectivity index (χ1n) is 6.00. The zero-order chi connectivity index (χ0) is 17.5. The summed E-state index contributed by atoms with van der Waals surface area (Å²) in [5.74, 6) is -8.69. The highest BCUT2D eigenvalue weighted by Gasteiger charge is 2.22. The third-order valence-corrected chi connectivity index (χ3v) is 3.09. The van der Waals surface area contributed by atoms with Crippen LogP contribution in [0.5, 0.6) is 51.7 Å². The van der Waals surface area contributed by atoms with Gasteiger partial charge < -0.3 is 46.0 Å². The molecular formula is C14H12O9. The fourth-order valence-corrected chi connectivity index (χ4v) is 1.82. The Morgan fingerprint density at radius 3 is 1.43 bits per heavy atom. The van der Waals surface area contributed by atoms with E-state index in [1.165, 1.54) is 0 Å². The van der Waals surface area contributed by atoms with Crippen molar-refractivity contribution in [2.75, 3.05) is 0 Å². The molecule has 0 aromatic heterocycles. The molecular weight excluding hydrogens is 312 g/mol. The quantitative estimate of drug-likeness (QED) is 0.222. The summed E-state index contributed by atoms with van der Waals surface area (Å²) in [6.07, 6.45) is 1.90. The van der Waals surface area contributed by atoms with Crippen molar-refractivity contribution in [3.05, 3.63) is 17.2 Å². The smallest absolute Gasteiger partial charge is 0.208 e. The SMILES string of the molecule is Oc1cc(/C=C/c2c(O)c(O)c(O)c(O)c2O)c(O)c(O)c1O. The van der Waals surface area contributed by atoms with Crippen LogP contribution in [0, 0.1) is 0 Å². The van der Waals surface area contributed by atoms with Gasteiger partial charge in [0.05, 0.1) is 5.56 Å². The van der Waals surface area contributed by atoms with Crippen LogP contribution in [0.25, 0.3) is 12.2 Å². The zero-order valence-corrected chi connectivity index (χ0v) is 11.3. The average Bonchev–Trinajstić information content (AvgIpc) is 2.53. The lowest BCUT2D eigenvalue weighted by atomic mass is 10.1. The van der Waals surface area contributed by atoms with Gasteiger partial charge in [0.25, 0.3) is 0 Å². The molecule has 0 aliphatic rings. The molecule has 122 valence electrons. The number of phenols is 9. The van der Waals surface area contributed by atoms with E-state index in [9.17, 15) is 46.0 Å². The van der Waals surface area contributed by atoms with E-state index in [1.807, 2.05) is 0 Å². The highest BCUT2D eigenvalue weighted by Crippen LogP contribution is 2.51. The van der Waals surface area contributed by atoms with Gasteiger partial charge in [-0.15, -0.1) is 0 Å². The monoisotopic (exact) mass is 324 g/mol. The fourth-order valence-electron chi connectivity index (χ4n) is 1.82. The molecule has 0 aliphatic heterocycles. The van der Waals surface area contributed by atoms with Crippen LogP contribution in [-0.4, -0.2) is 46.0 Å². The van der Waals surface area contributed by atoms with Crippen molar-refractivity contribution in [3.63, 3.8) is 0 Å². The first-order chi connectivity index (χ1) is 10.7. The molecule has 0 bridgehead atoms. The van der Waals surface area contributed by atoms with Crippen LogP contribution in [0.4, 0.5) is 0 Å². The minimum absolute atomic E-state index is 0.219. The van der Waals surface area contributed by atoms with Gasteiger partial charge in [-0.2, -0.15) is 0 Å². The van der Waals surface area contributed by atoms with Gasteiger partial charge in [-0.25, -0.2) is 0 Å². The third kappa shape index (κ3) is 2.39. The standard InChI is InChI=1S/C14H12O9/c15-6-3-4(7(16)11(20)10(6)19)1-2-5-8(17)12(21)14(23)13(22)9(5)18/h1-3,15-23H/b2-1+. The lowest BCUT2D eigenvalue weighted by Gasteiger charge is -2.10. The van der Waals surface area contributed by atoms with Crippen molar-refractivity contribution in [2.45, 2.75) is 0 Å². The predicted molar refractivity (Wildman–Crippen MR) is 76.8 cm³/mol. The molecule has 0 saturated heterocycles. The Bertz CT molecular complexity index is 795. The van der Waals surface area contributed by atoms with Gasteiger partial charge in [0.15, 0.2) is 23.0 Å². The Balaban J connectivity index is 2.59. The Hall–Kier alpha value is -3.62. The molecule has 9 heteroatoms. The van der Waals surface area contributed by atoms with E-state index in [2.05, 4.69) is 0 Å². The zero-order valence-electron chi connectivity index (χ0n) is 11.3. The van der Waals surface area contributed by atoms with Gasteiger partial charge in [-0.05, 0) is 12.1 Å². The van der Waals surface area contributed by atoms with Gasteiger partial charge in [0, 0.05) is 5.56 Å². The Morgan fingerprint density at radius 2 is 0.913 bits per heavy atom. The minimum atomic E-state index is -1.13. The van der Waals surface area contributed by atoms with Gasteiger partial charge in [-0.3, -0.25) is 0 Å². The van der Waals surface area contributed by atoms with Crippen molar-refractivity contribution in [1.82, 2.24) is 0 Å². The highest BCUT2D eigenvalue weighted by atomic mass is 16.4. The number of phenolic OH excluding ortho intramolecular Hbond substituents is 9. The van der Waals surface area contributed by atoms with Crippen LogP contribution in [-0.2, 0) is 0 Å². The van der Waals surface area contributed by atoms with E-state index in [4.69, 9.17) is 0 Å². The van der Waals surface area contributed by atoms with E-state index in [-0.39, 0.29) is 5.56 Å². The lowest BCUT2D eigenvalue weighted by Crippen LogP contribution is -1.83. The number of benzene rings is 2. The second-order valence-electron chi connectivity index (χ2n) is 4.52. The van der Waals surface area contributed by atoms with Crippen LogP contribution in [0.15, 0.2) is 6.07 Å². The summed E-state index contributed by atoms with van der Waals surface area (Å²) in [5, 5.41) is 85.0. The van der Waals surface area contributed by atoms with Crippen LogP contribution in [0.3, 0.4) is 0 Å². The van der Waals surface area contributed by atoms with Crippen LogP contribution >= 0.6 is 0 Å². The van der Waals surface area contributed by atoms with E-state index < -0.39 is 57.3 Å². The predicted octanol–water partition coefficient (Wildman–Crippen LogP) is 1.21. The van der Waals surface area contributed by atoms with E-state index in [0.29, 0.717) is 0 Å². The first-order valence-corrected chi connectivity index (χ1v) is 6.00. The molecule has 2 aromatic carbocycles. The van der Waals surface area contributed by atoms with E-state index >= 15 is 0 Å². The fraction of sp³-hybridized carbons (Fsp3) is 0. The highest BCUT2D eigenvalue weighted by molar-refractivity contribution is 5.84. The van der Waals surface area contributed by atoms with Crippen molar-refractivity contribution in [2.24, 2.45) is 0 Å². The molecule has 23 heavy (non-hydrogen) atoms. The molecule has 0 saturated carbocycles. The maximum Gasteiger partial charge on any atom is 0.208 e. The topological polar surface area (TPSA) is 182 Å². The second-order valence-corrected chi connectivity index (χ2v) is 4.52. The van der Waals surface area contributed by atoms with Crippen molar-refractivity contribution in [3.8, 4) is 51.7 Å². The van der Waals surface area contributed by atoms with E-state index in [1.54, 1.807) is 0 Å². The Morgan fingerprint density at radius 1 is 0.478 bits per heavy atom. The molecule has 0 radical (unpaired) electrons. The molecule has 0 atom stereocenters. The molecule has 0 heterocycles. The molecule has 0 unspecified atom stereocenters. The van der Waals surface area contributed by atoms with Crippen LogP contribution < -0.4 is 0 Å². The summed E-state index contributed by atoms with van der Waals surface area (Å²) in [7, 11) is 0. The first kappa shape index (κ1) is 15.8. The summed E-state index contributed by atoms with van der Waals surface area (Å²) in [4.78, 5) is 0. The van der Waals surface area contributed by atoms with Crippen LogP contribution in [0.2, 0.25) is 0 Å². The Labute approximate surface area is 128 Å². The number of aromatic hydroxyl groups is 9. The molecule has 0 fully saturated rings. The maximum atomic E-state index is 9.65. The van der Waals surface area contributed by atoms with E-state index in [0.717, 1.165) is 18.2 Å². The van der Waals surface area contributed by atoms with Crippen molar-refractivity contribution >= 4 is 12.2 Å². The van der Waals surface area contributed by atoms with Crippen LogP contribution in [0.1, 0.15) is 11.1 Å². The van der Waals surface area contributed by atoms with Crippen molar-refractivity contribution < 1.29 is 46.0 Å². The van der Waals surface area contributed by atoms with Gasteiger partial charge in [0.1, 0.15) is 0 Å². The third-order valence-electron chi connectivity index (χ3n) is 3.09. The van der Waals surface area contributed by atoms with Crippen molar-refractivity contribution in [1.29, 1.82) is 0 Å². The Kier molecular flexibility index (Phi) is 3.63. The summed E-state index contributed by atoms with van der Waals surface area (Å²) >= 11 is 0. The molecule has 2 aromatic rings. The van der Waals surface area contributed by atoms with Gasteiger partial charge in [0.2, 0.25) is 28.7 Å². The number of hydrogen-bond acceptors (Lipinski definition) is 9. The van der Waals surface area contributed by atoms with Gasteiger partial charge in [-0.1, -0.05) is 6.08 Å². The molecule has 9 N–H and O–H groups in total. The summed E-state index contributed by atoms with van der Waals surface area (Å²) < 4.78 is 0. The second kappa shape index (κ2) is 5.30. The summed E-state index contributed by atoms with van der Waals surface area (Å²) in [6.45, 7) is 0. The maximum absolute atomic E-state index is 9.65. The molecule has 0 aliphatic carbocycles. The molecule has 0 spiro atoms. The van der Waals surface area contributed by atoms with Gasteiger partial charge >= 0.3 is 0 Å².